The van der Waals surface area contributed by atoms with Gasteiger partial charge in [0.2, 0.25) is 5.95 Å². The largest absolute Gasteiger partial charge is 0.476 e. The van der Waals surface area contributed by atoms with E-state index in [9.17, 15) is 4.79 Å². The second-order valence-electron chi connectivity index (χ2n) is 9.51. The summed E-state index contributed by atoms with van der Waals surface area (Å²) >= 11 is 0. The number of aromatic nitrogens is 2. The number of amides is 1. The highest BCUT2D eigenvalue weighted by Crippen LogP contribution is 2.40. The van der Waals surface area contributed by atoms with Gasteiger partial charge in [-0.3, -0.25) is 4.79 Å². The van der Waals surface area contributed by atoms with Gasteiger partial charge in [-0.15, -0.1) is 0 Å². The number of furan rings is 1. The number of hydrogen-bond acceptors (Lipinski definition) is 8. The summed E-state index contributed by atoms with van der Waals surface area (Å²) in [6.45, 7) is 7.54. The van der Waals surface area contributed by atoms with Crippen LogP contribution in [0.3, 0.4) is 0 Å². The summed E-state index contributed by atoms with van der Waals surface area (Å²) in [6.07, 6.45) is 4.00. The molecule has 1 amide bonds. The Bertz CT molecular complexity index is 1210. The number of fused-ring (bicyclic) bond motifs is 2. The normalized spacial score (nSPS) is 23.9. The van der Waals surface area contributed by atoms with Crippen LogP contribution in [0, 0.1) is 5.41 Å². The van der Waals surface area contributed by atoms with E-state index in [1.807, 2.05) is 24.3 Å². The van der Waals surface area contributed by atoms with Gasteiger partial charge in [-0.2, -0.15) is 4.98 Å². The van der Waals surface area contributed by atoms with Gasteiger partial charge in [0.15, 0.2) is 17.0 Å². The lowest BCUT2D eigenvalue weighted by Crippen LogP contribution is -2.45. The smallest absolute Gasteiger partial charge is 0.268 e. The Labute approximate surface area is 185 Å². The number of anilines is 4. The van der Waals surface area contributed by atoms with E-state index in [0.29, 0.717) is 28.4 Å². The van der Waals surface area contributed by atoms with E-state index >= 15 is 0 Å². The minimum absolute atomic E-state index is 0.176. The molecule has 0 aliphatic carbocycles. The summed E-state index contributed by atoms with van der Waals surface area (Å²) in [5, 5.41) is 9.70. The summed E-state index contributed by atoms with van der Waals surface area (Å²) in [7, 11) is 0. The molecular formula is C23H26N6O3. The number of carbonyl (C=O) groups is 1. The van der Waals surface area contributed by atoms with Crippen LogP contribution in [0.15, 0.2) is 34.9 Å². The zero-order chi connectivity index (χ0) is 21.9. The topological polar surface area (TPSA) is 105 Å². The monoisotopic (exact) mass is 434 g/mol. The molecule has 0 radical (unpaired) electrons. The first-order chi connectivity index (χ1) is 15.4. The van der Waals surface area contributed by atoms with E-state index in [2.05, 4.69) is 25.8 Å². The third-order valence-corrected chi connectivity index (χ3v) is 6.75. The highest BCUT2D eigenvalue weighted by molar-refractivity contribution is 6.00. The van der Waals surface area contributed by atoms with Crippen molar-refractivity contribution in [3.8, 4) is 5.75 Å². The van der Waals surface area contributed by atoms with Crippen molar-refractivity contribution >= 4 is 40.1 Å². The fraction of sp³-hybridized carbons (Fsp3) is 0.435. The standard InChI is InChI=1S/C23H26N6O3/c1-22(2)20(30)26-16-11-14(3-4-17(16)32-22)25-21-27-15-5-10-31-18(15)19(28-21)29-9-7-23(13-29)6-8-24-12-23/h3-5,10-11,24H,6-9,12-13H2,1-2H3,(H,26,30)(H,25,27,28). The number of ether oxygens (including phenoxy) is 1. The fourth-order valence-electron chi connectivity index (χ4n) is 4.90. The lowest BCUT2D eigenvalue weighted by Gasteiger charge is -2.31. The van der Waals surface area contributed by atoms with Crippen LogP contribution in [0.5, 0.6) is 5.75 Å². The van der Waals surface area contributed by atoms with Crippen LogP contribution in [-0.4, -0.2) is 47.7 Å². The zero-order valence-electron chi connectivity index (χ0n) is 18.2. The number of rotatable bonds is 3. The number of carbonyl (C=O) groups excluding carboxylic acids is 1. The van der Waals surface area contributed by atoms with Gasteiger partial charge >= 0.3 is 0 Å². The SMILES string of the molecule is CC1(C)Oc2ccc(Nc3nc(N4CCC5(CCNC5)C4)c4occc4n3)cc2NC1=O. The highest BCUT2D eigenvalue weighted by atomic mass is 16.5. The molecule has 0 bridgehead atoms. The summed E-state index contributed by atoms with van der Waals surface area (Å²) in [5.41, 5.74) is 2.29. The average Bonchev–Trinajstić information content (AvgIpc) is 3.51. The summed E-state index contributed by atoms with van der Waals surface area (Å²) < 4.78 is 11.6. The molecule has 3 aliphatic heterocycles. The molecule has 3 aliphatic rings. The van der Waals surface area contributed by atoms with E-state index in [-0.39, 0.29) is 5.91 Å². The molecular weight excluding hydrogens is 408 g/mol. The Morgan fingerprint density at radius 3 is 2.94 bits per heavy atom. The molecule has 0 saturated carbocycles. The van der Waals surface area contributed by atoms with E-state index in [1.54, 1.807) is 20.1 Å². The van der Waals surface area contributed by atoms with Gasteiger partial charge in [0.05, 0.1) is 12.0 Å². The maximum absolute atomic E-state index is 12.3. The molecule has 1 unspecified atom stereocenters. The van der Waals surface area contributed by atoms with Crippen molar-refractivity contribution in [1.29, 1.82) is 0 Å². The van der Waals surface area contributed by atoms with Crippen LogP contribution in [0.25, 0.3) is 11.1 Å². The number of benzene rings is 1. The first kappa shape index (κ1) is 19.4. The Morgan fingerprint density at radius 1 is 1.19 bits per heavy atom. The molecule has 6 rings (SSSR count). The number of hydrogen-bond donors (Lipinski definition) is 3. The van der Waals surface area contributed by atoms with Crippen molar-refractivity contribution in [3.05, 3.63) is 30.5 Å². The van der Waals surface area contributed by atoms with E-state index in [0.717, 1.165) is 49.6 Å². The van der Waals surface area contributed by atoms with Crippen LogP contribution >= 0.6 is 0 Å². The number of nitrogens with one attached hydrogen (secondary N) is 3. The molecule has 1 spiro atoms. The van der Waals surface area contributed by atoms with Gasteiger partial charge in [0.25, 0.3) is 5.91 Å². The van der Waals surface area contributed by atoms with Crippen molar-refractivity contribution in [1.82, 2.24) is 15.3 Å². The van der Waals surface area contributed by atoms with Crippen molar-refractivity contribution in [2.24, 2.45) is 5.41 Å². The predicted octanol–water partition coefficient (Wildman–Crippen LogP) is 3.27. The van der Waals surface area contributed by atoms with Crippen LogP contribution < -0.4 is 25.6 Å². The summed E-state index contributed by atoms with van der Waals surface area (Å²) in [6, 6.07) is 7.43. The van der Waals surface area contributed by atoms with Crippen LogP contribution in [0.2, 0.25) is 0 Å². The van der Waals surface area contributed by atoms with Gasteiger partial charge in [0.1, 0.15) is 11.3 Å². The van der Waals surface area contributed by atoms with Crippen LogP contribution in [0.4, 0.5) is 23.1 Å². The first-order valence-corrected chi connectivity index (χ1v) is 11.0. The molecule has 1 aromatic carbocycles. The molecule has 3 N–H and O–H groups in total. The molecule has 5 heterocycles. The third kappa shape index (κ3) is 3.15. The van der Waals surface area contributed by atoms with E-state index in [1.165, 1.54) is 6.42 Å². The molecule has 3 aromatic rings. The van der Waals surface area contributed by atoms with Gasteiger partial charge in [-0.25, -0.2) is 4.98 Å². The van der Waals surface area contributed by atoms with Gasteiger partial charge < -0.3 is 30.0 Å². The second-order valence-corrected chi connectivity index (χ2v) is 9.51. The van der Waals surface area contributed by atoms with Gasteiger partial charge in [-0.05, 0) is 51.4 Å². The summed E-state index contributed by atoms with van der Waals surface area (Å²) in [4.78, 5) is 24.0. The van der Waals surface area contributed by atoms with Crippen LogP contribution in [-0.2, 0) is 4.79 Å². The minimum atomic E-state index is -0.895. The Balaban J connectivity index is 1.30. The maximum atomic E-state index is 12.3. The van der Waals surface area contributed by atoms with Crippen molar-refractivity contribution in [2.45, 2.75) is 32.3 Å². The average molecular weight is 435 g/mol. The molecule has 2 fully saturated rings. The molecule has 32 heavy (non-hydrogen) atoms. The van der Waals surface area contributed by atoms with Crippen molar-refractivity contribution in [2.75, 3.05) is 41.7 Å². The highest BCUT2D eigenvalue weighted by Gasteiger charge is 2.41. The van der Waals surface area contributed by atoms with Gasteiger partial charge in [-0.1, -0.05) is 0 Å². The fourth-order valence-corrected chi connectivity index (χ4v) is 4.90. The molecule has 166 valence electrons. The molecule has 2 aromatic heterocycles. The zero-order valence-corrected chi connectivity index (χ0v) is 18.2. The molecule has 2 saturated heterocycles. The van der Waals surface area contributed by atoms with Crippen molar-refractivity contribution < 1.29 is 13.9 Å². The lowest BCUT2D eigenvalue weighted by atomic mass is 9.87. The molecule has 9 nitrogen and oxygen atoms in total. The quantitative estimate of drug-likeness (QED) is 0.577. The lowest BCUT2D eigenvalue weighted by molar-refractivity contribution is -0.129. The van der Waals surface area contributed by atoms with Crippen LogP contribution in [0.1, 0.15) is 26.7 Å². The molecule has 1 atom stereocenters. The third-order valence-electron chi connectivity index (χ3n) is 6.75. The van der Waals surface area contributed by atoms with Crippen molar-refractivity contribution in [3.63, 3.8) is 0 Å². The Hall–Kier alpha value is -3.33. The van der Waals surface area contributed by atoms with E-state index in [4.69, 9.17) is 14.1 Å². The maximum Gasteiger partial charge on any atom is 0.268 e. The molecule has 9 heteroatoms. The minimum Gasteiger partial charge on any atom is -0.476 e. The van der Waals surface area contributed by atoms with Gasteiger partial charge in [0, 0.05) is 36.8 Å². The summed E-state index contributed by atoms with van der Waals surface area (Å²) in [5.74, 6) is 1.77. The predicted molar refractivity (Wildman–Crippen MR) is 122 cm³/mol. The Morgan fingerprint density at radius 2 is 2.09 bits per heavy atom. The van der Waals surface area contributed by atoms with E-state index < -0.39 is 5.60 Å². The first-order valence-electron chi connectivity index (χ1n) is 11.0. The Kier molecular flexibility index (Phi) is 4.13. The second kappa shape index (κ2) is 6.83. The number of nitrogens with zero attached hydrogens (tertiary/aromatic N) is 3.